The summed E-state index contributed by atoms with van der Waals surface area (Å²) in [6.07, 6.45) is 10.8. The van der Waals surface area contributed by atoms with E-state index < -0.39 is 10.0 Å². The Bertz CT molecular complexity index is 879. The second kappa shape index (κ2) is 10.4. The molecule has 1 aliphatic rings. The van der Waals surface area contributed by atoms with Gasteiger partial charge in [0, 0.05) is 36.0 Å². The Morgan fingerprint density at radius 1 is 1.21 bits per heavy atom. The largest absolute Gasteiger partial charge is 0.355 e. The van der Waals surface area contributed by atoms with E-state index in [4.69, 9.17) is 0 Å². The molecule has 1 fully saturated rings. The Labute approximate surface area is 180 Å². The summed E-state index contributed by atoms with van der Waals surface area (Å²) in [5, 5.41) is 2.86. The van der Waals surface area contributed by atoms with Crippen molar-refractivity contribution in [1.29, 1.82) is 0 Å². The first kappa shape index (κ1) is 22.0. The summed E-state index contributed by atoms with van der Waals surface area (Å²) in [7, 11) is -3.74. The lowest BCUT2D eigenvalue weighted by molar-refractivity contribution is -0.121. The number of hydrogen-bond acceptors (Lipinski definition) is 4. The maximum absolute atomic E-state index is 13.3. The van der Waals surface area contributed by atoms with E-state index in [1.54, 1.807) is 36.8 Å². The highest BCUT2D eigenvalue weighted by Crippen LogP contribution is 2.28. The van der Waals surface area contributed by atoms with Crippen molar-refractivity contribution in [3.8, 4) is 0 Å². The van der Waals surface area contributed by atoms with E-state index in [0.29, 0.717) is 6.54 Å². The third kappa shape index (κ3) is 6.13. The van der Waals surface area contributed by atoms with Crippen LogP contribution in [0.15, 0.2) is 52.4 Å². The molecule has 1 aromatic carbocycles. The molecule has 2 aromatic rings. The number of hydrogen-bond donors (Lipinski definition) is 1. The van der Waals surface area contributed by atoms with Gasteiger partial charge in [0.2, 0.25) is 15.9 Å². The quantitative estimate of drug-likeness (QED) is 0.556. The van der Waals surface area contributed by atoms with Crippen LogP contribution in [-0.4, -0.2) is 47.3 Å². The zero-order valence-electron chi connectivity index (χ0n) is 16.3. The van der Waals surface area contributed by atoms with Crippen LogP contribution >= 0.6 is 15.9 Å². The molecule has 7 nitrogen and oxygen atoms in total. The van der Waals surface area contributed by atoms with Gasteiger partial charge in [-0.15, -0.1) is 0 Å². The lowest BCUT2D eigenvalue weighted by Gasteiger charge is -2.33. The van der Waals surface area contributed by atoms with Crippen LogP contribution in [0.5, 0.6) is 0 Å². The van der Waals surface area contributed by atoms with E-state index in [-0.39, 0.29) is 23.4 Å². The number of sulfonamides is 1. The minimum Gasteiger partial charge on any atom is -0.355 e. The van der Waals surface area contributed by atoms with Gasteiger partial charge < -0.3 is 9.88 Å². The standard InChI is InChI=1S/C20H27BrN4O3S/c21-17-7-9-19(10-8-17)29(27,28)25(18-5-2-1-3-6-18)15-20(26)23-11-4-13-24-14-12-22-16-24/h7-10,12,14,16,18H,1-6,11,13,15H2,(H,23,26). The molecule has 0 bridgehead atoms. The lowest BCUT2D eigenvalue weighted by atomic mass is 9.95. The molecule has 158 valence electrons. The van der Waals surface area contributed by atoms with Crippen molar-refractivity contribution < 1.29 is 13.2 Å². The number of nitrogens with one attached hydrogen (secondary N) is 1. The molecule has 0 saturated heterocycles. The van der Waals surface area contributed by atoms with Crippen molar-refractivity contribution in [2.24, 2.45) is 0 Å². The third-order valence-electron chi connectivity index (χ3n) is 5.18. The van der Waals surface area contributed by atoms with Gasteiger partial charge in [-0.3, -0.25) is 4.79 Å². The van der Waals surface area contributed by atoms with Gasteiger partial charge in [0.15, 0.2) is 0 Å². The zero-order chi connectivity index (χ0) is 20.7. The summed E-state index contributed by atoms with van der Waals surface area (Å²) in [5.41, 5.74) is 0. The Morgan fingerprint density at radius 3 is 2.59 bits per heavy atom. The van der Waals surface area contributed by atoms with E-state index in [9.17, 15) is 13.2 Å². The maximum atomic E-state index is 13.3. The number of benzene rings is 1. The molecule has 1 aromatic heterocycles. The van der Waals surface area contributed by atoms with Crippen LogP contribution < -0.4 is 5.32 Å². The number of carbonyl (C=O) groups is 1. The summed E-state index contributed by atoms with van der Waals surface area (Å²) < 4.78 is 30.7. The fourth-order valence-electron chi connectivity index (χ4n) is 3.63. The van der Waals surface area contributed by atoms with Crippen LogP contribution in [0.3, 0.4) is 0 Å². The monoisotopic (exact) mass is 482 g/mol. The molecule has 3 rings (SSSR count). The number of aryl methyl sites for hydroxylation is 1. The number of amides is 1. The summed E-state index contributed by atoms with van der Waals surface area (Å²) in [6, 6.07) is 6.45. The normalized spacial score (nSPS) is 15.5. The van der Waals surface area contributed by atoms with Crippen LogP contribution in [0.4, 0.5) is 0 Å². The van der Waals surface area contributed by atoms with Crippen molar-refractivity contribution in [2.45, 2.75) is 56.0 Å². The minimum atomic E-state index is -3.74. The second-order valence-electron chi connectivity index (χ2n) is 7.30. The molecule has 0 aliphatic heterocycles. The Balaban J connectivity index is 1.64. The predicted molar refractivity (Wildman–Crippen MR) is 115 cm³/mol. The third-order valence-corrected chi connectivity index (χ3v) is 7.62. The van der Waals surface area contributed by atoms with Gasteiger partial charge >= 0.3 is 0 Å². The van der Waals surface area contributed by atoms with Crippen LogP contribution in [0, 0.1) is 0 Å². The van der Waals surface area contributed by atoms with Gasteiger partial charge in [-0.1, -0.05) is 35.2 Å². The summed E-state index contributed by atoms with van der Waals surface area (Å²) in [4.78, 5) is 16.8. The molecule has 9 heteroatoms. The molecule has 1 aliphatic carbocycles. The predicted octanol–water partition coefficient (Wildman–Crippen LogP) is 3.18. The van der Waals surface area contributed by atoms with Crippen LogP contribution in [0.25, 0.3) is 0 Å². The maximum Gasteiger partial charge on any atom is 0.243 e. The highest BCUT2D eigenvalue weighted by atomic mass is 79.9. The van der Waals surface area contributed by atoms with Crippen molar-refractivity contribution in [2.75, 3.05) is 13.1 Å². The molecule has 1 amide bonds. The highest BCUT2D eigenvalue weighted by Gasteiger charge is 2.33. The van der Waals surface area contributed by atoms with Crippen molar-refractivity contribution in [3.63, 3.8) is 0 Å². The van der Waals surface area contributed by atoms with Crippen LogP contribution in [-0.2, 0) is 21.4 Å². The summed E-state index contributed by atoms with van der Waals surface area (Å²) >= 11 is 3.34. The first-order valence-corrected chi connectivity index (χ1v) is 12.2. The topological polar surface area (TPSA) is 84.3 Å². The average molecular weight is 483 g/mol. The number of aromatic nitrogens is 2. The Kier molecular flexibility index (Phi) is 7.85. The van der Waals surface area contributed by atoms with E-state index in [1.807, 2.05) is 10.8 Å². The van der Waals surface area contributed by atoms with E-state index >= 15 is 0 Å². The molecule has 29 heavy (non-hydrogen) atoms. The van der Waals surface area contributed by atoms with Crippen LogP contribution in [0.1, 0.15) is 38.5 Å². The van der Waals surface area contributed by atoms with E-state index in [0.717, 1.165) is 49.5 Å². The Morgan fingerprint density at radius 2 is 1.93 bits per heavy atom. The van der Waals surface area contributed by atoms with Crippen molar-refractivity contribution >= 4 is 31.9 Å². The van der Waals surface area contributed by atoms with Crippen molar-refractivity contribution in [3.05, 3.63) is 47.5 Å². The van der Waals surface area contributed by atoms with Gasteiger partial charge in [0.05, 0.1) is 17.8 Å². The minimum absolute atomic E-state index is 0.130. The van der Waals surface area contributed by atoms with E-state index in [2.05, 4.69) is 26.2 Å². The lowest BCUT2D eigenvalue weighted by Crippen LogP contribution is -2.47. The molecule has 0 atom stereocenters. The number of rotatable bonds is 9. The number of carbonyl (C=O) groups excluding carboxylic acids is 1. The first-order chi connectivity index (χ1) is 14.0. The molecule has 1 N–H and O–H groups in total. The van der Waals surface area contributed by atoms with Gasteiger partial charge in [0.25, 0.3) is 0 Å². The second-order valence-corrected chi connectivity index (χ2v) is 10.1. The fourth-order valence-corrected chi connectivity index (χ4v) is 5.53. The number of halogens is 1. The Hall–Kier alpha value is -1.71. The number of nitrogens with zero attached hydrogens (tertiary/aromatic N) is 3. The molecular formula is C20H27BrN4O3S. The molecule has 0 spiro atoms. The molecule has 0 unspecified atom stereocenters. The zero-order valence-corrected chi connectivity index (χ0v) is 18.7. The average Bonchev–Trinajstić information content (AvgIpc) is 3.24. The van der Waals surface area contributed by atoms with Gasteiger partial charge in [-0.05, 0) is 43.5 Å². The van der Waals surface area contributed by atoms with Gasteiger partial charge in [0.1, 0.15) is 0 Å². The number of imidazole rings is 1. The highest BCUT2D eigenvalue weighted by molar-refractivity contribution is 9.10. The SMILES string of the molecule is O=C(CN(C1CCCCC1)S(=O)(=O)c1ccc(Br)cc1)NCCCn1ccnc1. The molecular weight excluding hydrogens is 456 g/mol. The smallest absolute Gasteiger partial charge is 0.243 e. The molecule has 0 radical (unpaired) electrons. The van der Waals surface area contributed by atoms with Crippen molar-refractivity contribution in [1.82, 2.24) is 19.2 Å². The first-order valence-electron chi connectivity index (χ1n) is 9.96. The van der Waals surface area contributed by atoms with E-state index in [1.165, 1.54) is 4.31 Å². The summed E-state index contributed by atoms with van der Waals surface area (Å²) in [5.74, 6) is -0.262. The van der Waals surface area contributed by atoms with Gasteiger partial charge in [-0.2, -0.15) is 4.31 Å². The van der Waals surface area contributed by atoms with Crippen LogP contribution in [0.2, 0.25) is 0 Å². The fraction of sp³-hybridized carbons (Fsp3) is 0.500. The van der Waals surface area contributed by atoms with Gasteiger partial charge in [-0.25, -0.2) is 13.4 Å². The molecule has 1 heterocycles. The summed E-state index contributed by atoms with van der Waals surface area (Å²) in [6.45, 7) is 1.10. The molecule has 1 saturated carbocycles.